The van der Waals surface area contributed by atoms with Gasteiger partial charge < -0.3 is 14.9 Å². The summed E-state index contributed by atoms with van der Waals surface area (Å²) in [7, 11) is 1.59. The minimum absolute atomic E-state index is 0.0449. The Bertz CT molecular complexity index is 2350. The first-order chi connectivity index (χ1) is 25.3. The number of hydrogen-bond donors (Lipinski definition) is 4. The number of ether oxygens (including phenoxy) is 1. The topological polar surface area (TPSA) is 141 Å². The third kappa shape index (κ3) is 6.61. The lowest BCUT2D eigenvalue weighted by Crippen LogP contribution is -2.33. The molecular formula is C39H36N6O5S2. The Morgan fingerprint density at radius 2 is 1.42 bits per heavy atom. The highest BCUT2D eigenvalue weighted by molar-refractivity contribution is 7.71. The van der Waals surface area contributed by atoms with E-state index in [4.69, 9.17) is 29.2 Å². The maximum Gasteiger partial charge on any atom is 0.259 e. The Balaban J connectivity index is 1.47. The Labute approximate surface area is 309 Å². The van der Waals surface area contributed by atoms with Gasteiger partial charge in [-0.3, -0.25) is 38.6 Å². The summed E-state index contributed by atoms with van der Waals surface area (Å²) in [6, 6.07) is 27.2. The molecule has 3 aromatic carbocycles. The van der Waals surface area contributed by atoms with Gasteiger partial charge >= 0.3 is 0 Å². The van der Waals surface area contributed by atoms with E-state index in [1.165, 1.54) is 9.13 Å². The molecule has 6 aromatic rings. The van der Waals surface area contributed by atoms with Gasteiger partial charge in [0.05, 0.1) is 35.5 Å². The molecule has 0 radical (unpaired) electrons. The van der Waals surface area contributed by atoms with Crippen LogP contribution in [-0.4, -0.2) is 52.9 Å². The van der Waals surface area contributed by atoms with E-state index in [9.17, 15) is 19.8 Å². The van der Waals surface area contributed by atoms with Gasteiger partial charge in [-0.15, -0.1) is 0 Å². The smallest absolute Gasteiger partial charge is 0.259 e. The van der Waals surface area contributed by atoms with E-state index in [0.29, 0.717) is 29.2 Å². The lowest BCUT2D eigenvalue weighted by molar-refractivity contribution is 0.139. The monoisotopic (exact) mass is 732 g/mol. The first kappa shape index (κ1) is 34.8. The zero-order valence-corrected chi connectivity index (χ0v) is 29.9. The number of rotatable bonds is 9. The van der Waals surface area contributed by atoms with Gasteiger partial charge in [-0.05, 0) is 97.4 Å². The molecule has 1 aliphatic rings. The number of benzene rings is 3. The normalized spacial score (nSPS) is 14.8. The van der Waals surface area contributed by atoms with Crippen molar-refractivity contribution in [3.8, 4) is 28.9 Å². The number of nitrogens with one attached hydrogen (secondary N) is 2. The van der Waals surface area contributed by atoms with E-state index in [1.54, 1.807) is 74.0 Å². The molecule has 13 heteroatoms. The number of hydrogen-bond acceptors (Lipinski definition) is 9. The number of para-hydroxylation sites is 2. The second-order valence-electron chi connectivity index (χ2n) is 12.6. The molecule has 4 heterocycles. The summed E-state index contributed by atoms with van der Waals surface area (Å²) >= 11 is 11.0. The first-order valence-corrected chi connectivity index (χ1v) is 17.7. The second kappa shape index (κ2) is 14.9. The molecule has 1 saturated heterocycles. The molecule has 0 spiro atoms. The second-order valence-corrected chi connectivity index (χ2v) is 13.4. The number of aromatic nitrogens is 5. The van der Waals surface area contributed by atoms with Crippen LogP contribution in [0.5, 0.6) is 17.5 Å². The molecule has 0 unspecified atom stereocenters. The van der Waals surface area contributed by atoms with Crippen molar-refractivity contribution in [1.82, 2.24) is 29.0 Å². The van der Waals surface area contributed by atoms with Crippen LogP contribution in [-0.2, 0) is 6.54 Å². The molecule has 1 aliphatic heterocycles. The van der Waals surface area contributed by atoms with Gasteiger partial charge in [0, 0.05) is 30.5 Å². The maximum absolute atomic E-state index is 14.0. The van der Waals surface area contributed by atoms with Crippen LogP contribution >= 0.6 is 24.4 Å². The number of aromatic hydroxyl groups is 2. The summed E-state index contributed by atoms with van der Waals surface area (Å²) < 4.78 is 8.41. The molecule has 0 bridgehead atoms. The molecule has 7 rings (SSSR count). The quantitative estimate of drug-likeness (QED) is 0.118. The highest BCUT2D eigenvalue weighted by Gasteiger charge is 2.33. The molecule has 11 nitrogen and oxygen atoms in total. The molecule has 1 fully saturated rings. The predicted molar refractivity (Wildman–Crippen MR) is 203 cm³/mol. The van der Waals surface area contributed by atoms with E-state index in [0.717, 1.165) is 36.9 Å². The number of aromatic amines is 2. The molecule has 52 heavy (non-hydrogen) atoms. The van der Waals surface area contributed by atoms with Crippen molar-refractivity contribution in [2.24, 2.45) is 0 Å². The first-order valence-electron chi connectivity index (χ1n) is 16.8. The molecule has 4 N–H and O–H groups in total. The summed E-state index contributed by atoms with van der Waals surface area (Å²) in [5.41, 5.74) is 1.49. The van der Waals surface area contributed by atoms with Gasteiger partial charge in [0.25, 0.3) is 11.1 Å². The number of pyridine rings is 1. The van der Waals surface area contributed by atoms with Gasteiger partial charge in [-0.25, -0.2) is 0 Å². The van der Waals surface area contributed by atoms with E-state index in [1.807, 2.05) is 30.5 Å². The Morgan fingerprint density at radius 1 is 0.827 bits per heavy atom. The highest BCUT2D eigenvalue weighted by Crippen LogP contribution is 2.41. The minimum atomic E-state index is -1.30. The van der Waals surface area contributed by atoms with E-state index < -0.39 is 28.8 Å². The number of piperidine rings is 1. The predicted octanol–water partition coefficient (Wildman–Crippen LogP) is 6.83. The average molecular weight is 733 g/mol. The van der Waals surface area contributed by atoms with Crippen LogP contribution in [0.25, 0.3) is 11.4 Å². The summed E-state index contributed by atoms with van der Waals surface area (Å²) in [5.74, 6) is -1.66. The van der Waals surface area contributed by atoms with Crippen LogP contribution in [0.3, 0.4) is 0 Å². The Kier molecular flexibility index (Phi) is 9.99. The Morgan fingerprint density at radius 3 is 1.96 bits per heavy atom. The van der Waals surface area contributed by atoms with Crippen LogP contribution in [0.2, 0.25) is 0 Å². The minimum Gasteiger partial charge on any atom is -0.496 e. The highest BCUT2D eigenvalue weighted by atomic mass is 32.1. The molecule has 264 valence electrons. The lowest BCUT2D eigenvalue weighted by Gasteiger charge is -2.36. The molecule has 0 aliphatic carbocycles. The number of methoxy groups -OCH3 is 1. The standard InChI is InChI=1S/C39H36N6O5S2/c1-50-30-18-17-24(21-26(30)23-43-20-9-8-16-29(43)25-11-10-19-40-22-25)31(32-34(46)41-38(51)44(36(32)48)27-12-4-2-5-13-27)33-35(47)42-39(52)45(37(33)49)28-14-6-3-7-15-28/h2-7,10-15,17-19,21-22,29,31,48-49H,8-9,16,20,23H2,1H3,(H,41,46,51)(H,42,47,52)/t29-/m0/s1. The van der Waals surface area contributed by atoms with Crippen LogP contribution in [0.15, 0.2) is 113 Å². The van der Waals surface area contributed by atoms with Crippen molar-refractivity contribution < 1.29 is 14.9 Å². The molecule has 0 amide bonds. The largest absolute Gasteiger partial charge is 0.496 e. The number of likely N-dealkylation sites (tertiary alicyclic amines) is 1. The number of H-pyrrole nitrogens is 2. The van der Waals surface area contributed by atoms with Crippen molar-refractivity contribution in [3.05, 3.63) is 161 Å². The van der Waals surface area contributed by atoms with Crippen molar-refractivity contribution >= 4 is 24.4 Å². The molecule has 1 atom stereocenters. The summed E-state index contributed by atoms with van der Waals surface area (Å²) in [5, 5.41) is 24.1. The van der Waals surface area contributed by atoms with E-state index in [2.05, 4.69) is 25.9 Å². The van der Waals surface area contributed by atoms with Crippen LogP contribution in [0.1, 0.15) is 59.0 Å². The van der Waals surface area contributed by atoms with Gasteiger partial charge in [0.1, 0.15) is 5.75 Å². The summed E-state index contributed by atoms with van der Waals surface area (Å²) in [6.45, 7) is 1.32. The lowest BCUT2D eigenvalue weighted by atomic mass is 9.85. The van der Waals surface area contributed by atoms with Crippen molar-refractivity contribution in [1.29, 1.82) is 0 Å². The average Bonchev–Trinajstić information content (AvgIpc) is 3.15. The van der Waals surface area contributed by atoms with Crippen molar-refractivity contribution in [2.45, 2.75) is 37.8 Å². The fraction of sp³-hybridized carbons (Fsp3) is 0.205. The zero-order valence-electron chi connectivity index (χ0n) is 28.2. The van der Waals surface area contributed by atoms with E-state index >= 15 is 0 Å². The fourth-order valence-corrected chi connectivity index (χ4v) is 7.73. The van der Waals surface area contributed by atoms with Gasteiger partial charge in [-0.1, -0.05) is 55.0 Å². The third-order valence-corrected chi connectivity index (χ3v) is 10.1. The van der Waals surface area contributed by atoms with E-state index in [-0.39, 0.29) is 26.7 Å². The maximum atomic E-state index is 14.0. The van der Waals surface area contributed by atoms with Crippen LogP contribution in [0.4, 0.5) is 0 Å². The Hall–Kier alpha value is -5.63. The van der Waals surface area contributed by atoms with Gasteiger partial charge in [0.2, 0.25) is 11.8 Å². The molecule has 3 aromatic heterocycles. The molecular weight excluding hydrogens is 697 g/mol. The van der Waals surface area contributed by atoms with Crippen molar-refractivity contribution in [2.75, 3.05) is 13.7 Å². The van der Waals surface area contributed by atoms with Crippen LogP contribution in [0, 0.1) is 9.54 Å². The summed E-state index contributed by atoms with van der Waals surface area (Å²) in [6.07, 6.45) is 6.72. The third-order valence-electron chi connectivity index (χ3n) is 9.54. The number of nitrogens with zero attached hydrogens (tertiary/aromatic N) is 4. The molecule has 0 saturated carbocycles. The zero-order chi connectivity index (χ0) is 36.4. The summed E-state index contributed by atoms with van der Waals surface area (Å²) in [4.78, 5) is 40.2. The SMILES string of the molecule is COc1ccc(C(c2c(O)n(-c3ccccc3)c(=S)[nH]c2=O)c2c(O)n(-c3ccccc3)c(=S)[nH]c2=O)cc1CN1CCCC[C@H]1c1cccnc1. The van der Waals surface area contributed by atoms with Crippen molar-refractivity contribution in [3.63, 3.8) is 0 Å². The van der Waals surface area contributed by atoms with Crippen LogP contribution < -0.4 is 15.9 Å². The van der Waals surface area contributed by atoms with Gasteiger partial charge in [-0.2, -0.15) is 0 Å². The van der Waals surface area contributed by atoms with Gasteiger partial charge in [0.15, 0.2) is 9.54 Å². The fourth-order valence-electron chi connectivity index (χ4n) is 7.16.